The third-order valence-corrected chi connectivity index (χ3v) is 4.83. The molecule has 0 heterocycles. The number of hydrogen-bond donors (Lipinski definition) is 1. The van der Waals surface area contributed by atoms with Crippen LogP contribution in [0.4, 0.5) is 0 Å². The van der Waals surface area contributed by atoms with Gasteiger partial charge in [0.05, 0.1) is 6.10 Å². The fourth-order valence-electron chi connectivity index (χ4n) is 3.27. The topological polar surface area (TPSA) is 23.5 Å². The van der Waals surface area contributed by atoms with Gasteiger partial charge in [-0.1, -0.05) is 51.4 Å². The van der Waals surface area contributed by atoms with Gasteiger partial charge in [0.1, 0.15) is 0 Å². The maximum atomic E-state index is 10.8. The van der Waals surface area contributed by atoms with Gasteiger partial charge >= 0.3 is 0 Å². The Morgan fingerprint density at radius 1 is 1.05 bits per heavy atom. The van der Waals surface area contributed by atoms with E-state index in [-0.39, 0.29) is 11.6 Å². The Bertz CT molecular complexity index is 382. The molecule has 2 nitrogen and oxygen atoms in total. The summed E-state index contributed by atoms with van der Waals surface area (Å²) in [5.74, 6) is 0. The van der Waals surface area contributed by atoms with Crippen LogP contribution in [0.1, 0.15) is 46.1 Å². The standard InChI is InChI=1S/C17H28ClNO/c1-5-17(6-2,19(7-3)8-4)16(20)13-14-9-11-15(18)12-10-14/h9-12,16,20H,5-8,13H2,1-4H3. The molecule has 0 aromatic heterocycles. The first kappa shape index (κ1) is 17.5. The number of likely N-dealkylation sites (N-methyl/N-ethyl adjacent to an activating group) is 1. The number of hydrogen-bond acceptors (Lipinski definition) is 2. The van der Waals surface area contributed by atoms with Crippen molar-refractivity contribution in [2.75, 3.05) is 13.1 Å². The van der Waals surface area contributed by atoms with Crippen molar-refractivity contribution in [2.24, 2.45) is 0 Å². The minimum absolute atomic E-state index is 0.136. The van der Waals surface area contributed by atoms with Gasteiger partial charge in [-0.05, 0) is 43.6 Å². The Morgan fingerprint density at radius 2 is 1.55 bits per heavy atom. The van der Waals surface area contributed by atoms with Gasteiger partial charge in [0.15, 0.2) is 0 Å². The summed E-state index contributed by atoms with van der Waals surface area (Å²) in [5.41, 5.74) is 1.00. The molecule has 1 aromatic carbocycles. The molecule has 0 spiro atoms. The molecule has 0 aliphatic rings. The maximum Gasteiger partial charge on any atom is 0.0763 e. The van der Waals surface area contributed by atoms with E-state index in [1.807, 2.05) is 24.3 Å². The molecule has 0 aliphatic heterocycles. The third kappa shape index (κ3) is 3.75. The van der Waals surface area contributed by atoms with Gasteiger partial charge in [-0.25, -0.2) is 0 Å². The van der Waals surface area contributed by atoms with E-state index in [0.29, 0.717) is 6.42 Å². The van der Waals surface area contributed by atoms with Crippen molar-refractivity contribution in [3.05, 3.63) is 34.9 Å². The Hall–Kier alpha value is -0.570. The predicted molar refractivity (Wildman–Crippen MR) is 87.4 cm³/mol. The first-order chi connectivity index (χ1) is 9.53. The molecule has 0 aliphatic carbocycles. The molecule has 3 heteroatoms. The zero-order valence-corrected chi connectivity index (χ0v) is 14.0. The van der Waals surface area contributed by atoms with Crippen molar-refractivity contribution in [1.29, 1.82) is 0 Å². The van der Waals surface area contributed by atoms with Crippen molar-refractivity contribution in [3.8, 4) is 0 Å². The SMILES string of the molecule is CCN(CC)C(CC)(CC)C(O)Cc1ccc(Cl)cc1. The minimum Gasteiger partial charge on any atom is -0.391 e. The zero-order chi connectivity index (χ0) is 15.2. The highest BCUT2D eigenvalue weighted by atomic mass is 35.5. The molecule has 0 amide bonds. The molecular formula is C17H28ClNO. The predicted octanol–water partition coefficient (Wildman–Crippen LogP) is 4.14. The lowest BCUT2D eigenvalue weighted by atomic mass is 9.81. The smallest absolute Gasteiger partial charge is 0.0763 e. The quantitative estimate of drug-likeness (QED) is 0.779. The summed E-state index contributed by atoms with van der Waals surface area (Å²) in [6, 6.07) is 7.79. The van der Waals surface area contributed by atoms with Gasteiger partial charge in [-0.3, -0.25) is 4.90 Å². The largest absolute Gasteiger partial charge is 0.391 e. The first-order valence-corrected chi connectivity index (χ1v) is 8.09. The highest BCUT2D eigenvalue weighted by molar-refractivity contribution is 6.30. The number of benzene rings is 1. The summed E-state index contributed by atoms with van der Waals surface area (Å²) in [4.78, 5) is 2.40. The van der Waals surface area contributed by atoms with Crippen LogP contribution in [0.25, 0.3) is 0 Å². The average Bonchev–Trinajstić information content (AvgIpc) is 2.47. The second-order valence-electron chi connectivity index (χ2n) is 5.33. The van der Waals surface area contributed by atoms with Crippen molar-refractivity contribution in [3.63, 3.8) is 0 Å². The van der Waals surface area contributed by atoms with E-state index in [4.69, 9.17) is 11.6 Å². The van der Waals surface area contributed by atoms with Crippen LogP contribution in [0.15, 0.2) is 24.3 Å². The highest BCUT2D eigenvalue weighted by Gasteiger charge is 2.38. The number of nitrogens with zero attached hydrogens (tertiary/aromatic N) is 1. The monoisotopic (exact) mass is 297 g/mol. The van der Waals surface area contributed by atoms with Gasteiger partial charge in [-0.2, -0.15) is 0 Å². The van der Waals surface area contributed by atoms with Gasteiger partial charge < -0.3 is 5.11 Å². The normalized spacial score (nSPS) is 13.8. The lowest BCUT2D eigenvalue weighted by molar-refractivity contribution is -0.0340. The number of aliphatic hydroxyl groups excluding tert-OH is 1. The minimum atomic E-state index is -0.362. The molecule has 1 rings (SSSR count). The Morgan fingerprint density at radius 3 is 1.95 bits per heavy atom. The summed E-state index contributed by atoms with van der Waals surface area (Å²) in [6.45, 7) is 10.6. The average molecular weight is 298 g/mol. The lowest BCUT2D eigenvalue weighted by Crippen LogP contribution is -2.56. The Kier molecular flexibility index (Phi) is 7.01. The van der Waals surface area contributed by atoms with E-state index in [9.17, 15) is 5.11 Å². The van der Waals surface area contributed by atoms with Gasteiger partial charge in [0.25, 0.3) is 0 Å². The molecule has 0 bridgehead atoms. The van der Waals surface area contributed by atoms with Crippen molar-refractivity contribution in [1.82, 2.24) is 4.90 Å². The number of aliphatic hydroxyl groups is 1. The van der Waals surface area contributed by atoms with Crippen LogP contribution in [-0.4, -0.2) is 34.7 Å². The summed E-state index contributed by atoms with van der Waals surface area (Å²) in [7, 11) is 0. The van der Waals surface area contributed by atoms with E-state index in [2.05, 4.69) is 32.6 Å². The van der Waals surface area contributed by atoms with Crippen LogP contribution in [0.2, 0.25) is 5.02 Å². The van der Waals surface area contributed by atoms with Crippen LogP contribution < -0.4 is 0 Å². The summed E-state index contributed by atoms with van der Waals surface area (Å²) < 4.78 is 0. The van der Waals surface area contributed by atoms with Crippen LogP contribution >= 0.6 is 11.6 Å². The molecule has 1 aromatic rings. The van der Waals surface area contributed by atoms with Gasteiger partial charge in [0, 0.05) is 17.0 Å². The first-order valence-electron chi connectivity index (χ1n) is 7.71. The summed E-state index contributed by atoms with van der Waals surface area (Å²) in [5, 5.41) is 11.6. The third-order valence-electron chi connectivity index (χ3n) is 4.58. The fourth-order valence-corrected chi connectivity index (χ4v) is 3.39. The number of halogens is 1. The Labute approximate surface area is 128 Å². The Balaban J connectivity index is 2.93. The highest BCUT2D eigenvalue weighted by Crippen LogP contribution is 2.30. The van der Waals surface area contributed by atoms with Crippen LogP contribution in [0.5, 0.6) is 0 Å². The molecule has 114 valence electrons. The molecular weight excluding hydrogens is 270 g/mol. The molecule has 1 N–H and O–H groups in total. The van der Waals surface area contributed by atoms with E-state index in [1.54, 1.807) is 0 Å². The molecule has 1 atom stereocenters. The lowest BCUT2D eigenvalue weighted by Gasteiger charge is -2.46. The molecule has 0 fully saturated rings. The van der Waals surface area contributed by atoms with Crippen molar-refractivity contribution in [2.45, 2.75) is 58.6 Å². The fraction of sp³-hybridized carbons (Fsp3) is 0.647. The van der Waals surface area contributed by atoms with E-state index < -0.39 is 0 Å². The second kappa shape index (κ2) is 8.02. The van der Waals surface area contributed by atoms with Crippen LogP contribution in [0, 0.1) is 0 Å². The second-order valence-corrected chi connectivity index (χ2v) is 5.77. The molecule has 0 saturated heterocycles. The van der Waals surface area contributed by atoms with E-state index >= 15 is 0 Å². The molecule has 1 unspecified atom stereocenters. The number of rotatable bonds is 8. The zero-order valence-electron chi connectivity index (χ0n) is 13.2. The molecule has 0 saturated carbocycles. The summed E-state index contributed by atoms with van der Waals surface area (Å²) >= 11 is 5.92. The van der Waals surface area contributed by atoms with E-state index in [0.717, 1.165) is 36.5 Å². The van der Waals surface area contributed by atoms with Crippen LogP contribution in [-0.2, 0) is 6.42 Å². The van der Waals surface area contributed by atoms with Gasteiger partial charge in [-0.15, -0.1) is 0 Å². The van der Waals surface area contributed by atoms with E-state index in [1.165, 1.54) is 0 Å². The van der Waals surface area contributed by atoms with Crippen molar-refractivity contribution >= 4 is 11.6 Å². The van der Waals surface area contributed by atoms with Crippen LogP contribution in [0.3, 0.4) is 0 Å². The molecule has 0 radical (unpaired) electrons. The molecule has 20 heavy (non-hydrogen) atoms. The van der Waals surface area contributed by atoms with Crippen molar-refractivity contribution < 1.29 is 5.11 Å². The maximum absolute atomic E-state index is 10.8. The van der Waals surface area contributed by atoms with Gasteiger partial charge in [0.2, 0.25) is 0 Å². The summed E-state index contributed by atoms with van der Waals surface area (Å²) in [6.07, 6.45) is 2.23.